The Morgan fingerprint density at radius 3 is 1.52 bits per heavy atom. The average molecular weight is 981 g/mol. The number of nitrogens with zero attached hydrogens (tertiary/aromatic N) is 4. The Balaban J connectivity index is 0.000000213. The fourth-order valence-electron chi connectivity index (χ4n) is 9.88. The van der Waals surface area contributed by atoms with Crippen LogP contribution in [-0.4, -0.2) is 78.8 Å². The Hall–Kier alpha value is -5.91. The zero-order valence-corrected chi connectivity index (χ0v) is 41.5. The second-order valence-electron chi connectivity index (χ2n) is 20.8. The normalized spacial score (nSPS) is 21.2. The largest absolute Gasteiger partial charge is 0.444 e. The van der Waals surface area contributed by atoms with Gasteiger partial charge in [0.1, 0.15) is 28.9 Å². The van der Waals surface area contributed by atoms with Crippen LogP contribution in [0.25, 0.3) is 11.4 Å². The van der Waals surface area contributed by atoms with E-state index in [9.17, 15) is 32.6 Å². The summed E-state index contributed by atoms with van der Waals surface area (Å²) in [6.45, 7) is 14.4. The lowest BCUT2D eigenvalue weighted by Crippen LogP contribution is -2.51. The van der Waals surface area contributed by atoms with Crippen LogP contribution in [0.15, 0.2) is 122 Å². The van der Waals surface area contributed by atoms with Crippen LogP contribution in [0.5, 0.6) is 0 Å². The Bertz CT molecular complexity index is 2660. The molecular weight excluding hydrogens is 913 g/mol. The van der Waals surface area contributed by atoms with E-state index >= 15 is 0 Å². The van der Waals surface area contributed by atoms with Crippen LogP contribution in [-0.2, 0) is 28.7 Å². The molecule has 4 aromatic carbocycles. The fraction of sp³-hybridized carbons (Fsp3) is 0.436. The summed E-state index contributed by atoms with van der Waals surface area (Å²) >= 11 is 0. The van der Waals surface area contributed by atoms with Gasteiger partial charge < -0.3 is 36.6 Å². The van der Waals surface area contributed by atoms with Crippen molar-refractivity contribution in [1.29, 1.82) is 0 Å². The van der Waals surface area contributed by atoms with E-state index in [0.29, 0.717) is 34.8 Å². The molecule has 16 heteroatoms. The van der Waals surface area contributed by atoms with Crippen molar-refractivity contribution in [2.24, 2.45) is 29.4 Å². The number of carbonyl (C=O) groups excluding carboxylic acids is 1. The Labute approximate surface area is 414 Å². The highest BCUT2D eigenvalue weighted by atomic mass is 19.1. The van der Waals surface area contributed by atoms with Crippen LogP contribution in [0.3, 0.4) is 0 Å². The number of alkyl carbamates (subject to hydrolysis) is 1. The number of nitrogens with two attached hydrogens (primary N) is 1. The lowest BCUT2D eigenvalue weighted by atomic mass is 9.95. The molecule has 8 unspecified atom stereocenters. The van der Waals surface area contributed by atoms with Crippen molar-refractivity contribution in [3.63, 3.8) is 0 Å². The van der Waals surface area contributed by atoms with E-state index in [2.05, 4.69) is 78.1 Å². The summed E-state index contributed by atoms with van der Waals surface area (Å²) in [5.74, 6) is -1.10. The molecule has 2 heterocycles. The Morgan fingerprint density at radius 1 is 0.690 bits per heavy atom. The van der Waals surface area contributed by atoms with Crippen molar-refractivity contribution in [3.8, 4) is 11.4 Å². The molecule has 0 saturated heterocycles. The molecule has 0 aliphatic heterocycles. The number of amides is 1. The molecule has 8 atom stereocenters. The lowest BCUT2D eigenvalue weighted by Gasteiger charge is -2.29. The van der Waals surface area contributed by atoms with Crippen LogP contribution in [0.1, 0.15) is 83.6 Å². The molecule has 2 aliphatic rings. The minimum atomic E-state index is -1.07. The van der Waals surface area contributed by atoms with Gasteiger partial charge in [0.05, 0.1) is 29.6 Å². The quantitative estimate of drug-likeness (QED) is 0.0436. The van der Waals surface area contributed by atoms with E-state index in [4.69, 9.17) is 10.5 Å². The number of halogens is 4. The van der Waals surface area contributed by atoms with E-state index in [0.717, 1.165) is 47.5 Å². The van der Waals surface area contributed by atoms with E-state index in [1.807, 2.05) is 53.5 Å². The van der Waals surface area contributed by atoms with Crippen LogP contribution in [0.2, 0.25) is 0 Å². The zero-order chi connectivity index (χ0) is 51.3. The topological polar surface area (TPSA) is 165 Å². The van der Waals surface area contributed by atoms with E-state index in [-0.39, 0.29) is 37.0 Å². The van der Waals surface area contributed by atoms with Gasteiger partial charge in [-0.3, -0.25) is 0 Å². The smallest absolute Gasteiger partial charge is 0.407 e. The second kappa shape index (κ2) is 22.2. The zero-order valence-electron chi connectivity index (χ0n) is 41.5. The fourth-order valence-corrected chi connectivity index (χ4v) is 9.88. The molecule has 2 fully saturated rings. The van der Waals surface area contributed by atoms with Crippen molar-refractivity contribution in [3.05, 3.63) is 167 Å². The molecule has 0 spiro atoms. The van der Waals surface area contributed by atoms with Crippen molar-refractivity contribution < 1.29 is 37.3 Å². The first kappa shape index (κ1) is 52.9. The van der Waals surface area contributed by atoms with Crippen LogP contribution in [0, 0.1) is 46.9 Å². The van der Waals surface area contributed by atoms with Crippen molar-refractivity contribution in [1.82, 2.24) is 35.5 Å². The van der Waals surface area contributed by atoms with Crippen molar-refractivity contribution >= 4 is 6.09 Å². The van der Waals surface area contributed by atoms with Gasteiger partial charge in [0.2, 0.25) is 0 Å². The summed E-state index contributed by atoms with van der Waals surface area (Å²) < 4.78 is 63.7. The summed E-state index contributed by atoms with van der Waals surface area (Å²) in [6, 6.07) is 25.2. The number of rotatable bonds is 19. The summed E-state index contributed by atoms with van der Waals surface area (Å²) in [5, 5.41) is 40.5. The third kappa shape index (κ3) is 13.5. The first-order chi connectivity index (χ1) is 33.6. The number of aliphatic hydroxyl groups excluding tert-OH is 2. The van der Waals surface area contributed by atoms with Crippen LogP contribution < -0.4 is 21.7 Å². The summed E-state index contributed by atoms with van der Waals surface area (Å²) in [7, 11) is 0. The minimum absolute atomic E-state index is 0.0200. The number of aliphatic hydroxyl groups is 2. The number of hydrogen-bond acceptors (Lipinski definition) is 9. The SMILES string of the molecule is CC(C)C1CC1(NCC(O)C(Cc1cc(F)cc(F)c1)NC(=O)OC(C)(C)C)c1cccc(-n2cccn2)c1.CC(C)C1CC1(NCC(O)C(N)Cc1cc(F)cc(F)c1)c1cccc(-n2cccn2)c1. The first-order valence-electron chi connectivity index (χ1n) is 24.4. The summed E-state index contributed by atoms with van der Waals surface area (Å²) in [6.07, 6.45) is 6.69. The number of carbonyl (C=O) groups is 1. The monoisotopic (exact) mass is 981 g/mol. The van der Waals surface area contributed by atoms with Gasteiger partial charge in [0, 0.05) is 67.1 Å². The molecule has 1 amide bonds. The van der Waals surface area contributed by atoms with Gasteiger partial charge in [-0.25, -0.2) is 31.7 Å². The predicted molar refractivity (Wildman–Crippen MR) is 266 cm³/mol. The van der Waals surface area contributed by atoms with Gasteiger partial charge in [-0.05, 0) is 153 Å². The number of aromatic nitrogens is 4. The molecule has 6 aromatic rings. The minimum Gasteiger partial charge on any atom is -0.444 e. The van der Waals surface area contributed by atoms with Crippen LogP contribution in [0.4, 0.5) is 22.4 Å². The molecule has 2 saturated carbocycles. The molecule has 0 bridgehead atoms. The highest BCUT2D eigenvalue weighted by molar-refractivity contribution is 5.68. The maximum Gasteiger partial charge on any atom is 0.407 e. The van der Waals surface area contributed by atoms with Gasteiger partial charge in [0.15, 0.2) is 0 Å². The standard InChI is InChI=1S/C30H38F2N4O3.C25H30F2N4O/c1-19(2)25-17-30(25,21-8-6-9-24(15-21)36-11-7-10-34-36)33-18-27(37)26(35-28(38)39-29(3,4)5)14-20-12-22(31)16-23(32)13-20;1-16(2)22-14-25(22,18-5-3-6-21(12-18)31-8-4-7-30-31)29-15-24(32)23(28)11-17-9-19(26)13-20(27)10-17/h6-13,15-16,19,25-27,33,37H,14,17-18H2,1-5H3,(H,35,38);3-10,12-13,16,22-24,29,32H,11,14-15,28H2,1-2H3. The molecule has 380 valence electrons. The van der Waals surface area contributed by atoms with E-state index in [1.165, 1.54) is 24.3 Å². The van der Waals surface area contributed by atoms with Crippen molar-refractivity contribution in [2.45, 2.75) is 115 Å². The molecule has 12 nitrogen and oxygen atoms in total. The Kier molecular flexibility index (Phi) is 16.6. The van der Waals surface area contributed by atoms with Gasteiger partial charge in [0.25, 0.3) is 0 Å². The maximum atomic E-state index is 13.9. The second-order valence-corrected chi connectivity index (χ2v) is 20.8. The highest BCUT2D eigenvalue weighted by Crippen LogP contribution is 2.57. The predicted octanol–water partition coefficient (Wildman–Crippen LogP) is 8.65. The van der Waals surface area contributed by atoms with Gasteiger partial charge in [-0.1, -0.05) is 52.0 Å². The molecular formula is C55H68F4N8O4. The number of ether oxygens (including phenoxy) is 1. The van der Waals surface area contributed by atoms with Gasteiger partial charge in [-0.15, -0.1) is 0 Å². The molecule has 8 rings (SSSR count). The Morgan fingerprint density at radius 2 is 1.13 bits per heavy atom. The lowest BCUT2D eigenvalue weighted by molar-refractivity contribution is 0.0417. The molecule has 0 radical (unpaired) electrons. The van der Waals surface area contributed by atoms with Gasteiger partial charge >= 0.3 is 6.09 Å². The number of nitrogens with one attached hydrogen (secondary N) is 3. The third-order valence-corrected chi connectivity index (χ3v) is 13.6. The average Bonchev–Trinajstić information content (AvgIpc) is 4.02. The maximum absolute atomic E-state index is 13.9. The molecule has 2 aliphatic carbocycles. The highest BCUT2D eigenvalue weighted by Gasteiger charge is 2.57. The first-order valence-corrected chi connectivity index (χ1v) is 24.4. The molecule has 7 N–H and O–H groups in total. The number of hydrogen-bond donors (Lipinski definition) is 6. The summed E-state index contributed by atoms with van der Waals surface area (Å²) in [5.41, 5.74) is 9.73. The van der Waals surface area contributed by atoms with E-state index < -0.39 is 59.3 Å². The third-order valence-electron chi connectivity index (χ3n) is 13.6. The molecule has 2 aromatic heterocycles. The molecule has 71 heavy (non-hydrogen) atoms. The van der Waals surface area contributed by atoms with Crippen LogP contribution >= 0.6 is 0 Å². The van der Waals surface area contributed by atoms with E-state index in [1.54, 1.807) is 37.8 Å². The van der Waals surface area contributed by atoms with Crippen molar-refractivity contribution in [2.75, 3.05) is 13.1 Å². The summed E-state index contributed by atoms with van der Waals surface area (Å²) in [4.78, 5) is 12.6. The number of benzene rings is 4. The van der Waals surface area contributed by atoms with Gasteiger partial charge in [-0.2, -0.15) is 10.2 Å².